The maximum atomic E-state index is 13.4. The Morgan fingerprint density at radius 2 is 1.64 bits per heavy atom. The third kappa shape index (κ3) is 4.36. The topological polar surface area (TPSA) is 92.8 Å². The molecule has 1 N–H and O–H groups in total. The summed E-state index contributed by atoms with van der Waals surface area (Å²) in [5.41, 5.74) is 3.34. The van der Waals surface area contributed by atoms with E-state index in [1.807, 2.05) is 50.2 Å². The molecule has 3 amide bonds. The molecule has 0 radical (unpaired) electrons. The lowest BCUT2D eigenvalue weighted by molar-refractivity contribution is -0.160. The van der Waals surface area contributed by atoms with Gasteiger partial charge in [-0.2, -0.15) is 0 Å². The molecule has 1 aliphatic heterocycles. The number of nitrogens with one attached hydrogen (secondary N) is 1. The van der Waals surface area contributed by atoms with Crippen molar-refractivity contribution in [2.75, 3.05) is 11.9 Å². The number of benzene rings is 2. The summed E-state index contributed by atoms with van der Waals surface area (Å²) in [5.74, 6) is -1.96. The fourth-order valence-electron chi connectivity index (χ4n) is 6.20. The molecule has 2 aliphatic carbocycles. The lowest BCUT2D eigenvalue weighted by Gasteiger charge is -2.26. The van der Waals surface area contributed by atoms with Crippen LogP contribution in [0.2, 0.25) is 0 Å². The lowest BCUT2D eigenvalue weighted by atomic mass is 9.81. The Labute approximate surface area is 218 Å². The SMILES string of the molecule is Cc1c(Br)ccc(NC(=O)COC(=O)[C@H](Cc2ccccc2)N2C(=O)[C@@H]3[C@H]4CC[C@@H](C4)[C@@H]3C2=O)c1C. The van der Waals surface area contributed by atoms with Gasteiger partial charge in [-0.3, -0.25) is 19.3 Å². The van der Waals surface area contributed by atoms with Crippen LogP contribution in [-0.2, 0) is 30.3 Å². The van der Waals surface area contributed by atoms with Gasteiger partial charge in [0.05, 0.1) is 11.8 Å². The molecule has 2 aromatic rings. The van der Waals surface area contributed by atoms with Gasteiger partial charge in [0.2, 0.25) is 11.8 Å². The minimum atomic E-state index is -1.10. The Hall–Kier alpha value is -3.00. The standard InChI is InChI=1S/C28H29BrN2O5/c1-15-16(2)21(11-10-20(15)29)30-23(32)14-36-28(35)22(12-17-6-4-3-5-7-17)31-26(33)24-18-8-9-19(13-18)25(24)27(31)34/h3-7,10-11,18-19,22,24-25H,8-9,12-14H2,1-2H3,(H,30,32)/t18-,19-,22-,24-,25+/m0/s1. The largest absolute Gasteiger partial charge is 0.454 e. The number of carbonyl (C=O) groups is 4. The quantitative estimate of drug-likeness (QED) is 0.410. The van der Waals surface area contributed by atoms with Crippen LogP contribution in [0.25, 0.3) is 0 Å². The summed E-state index contributed by atoms with van der Waals surface area (Å²) in [6.07, 6.45) is 2.99. The molecule has 8 heteroatoms. The lowest BCUT2D eigenvalue weighted by Crippen LogP contribution is -2.48. The number of halogens is 1. The van der Waals surface area contributed by atoms with Crippen molar-refractivity contribution in [2.45, 2.75) is 45.6 Å². The number of fused-ring (bicyclic) bond motifs is 5. The summed E-state index contributed by atoms with van der Waals surface area (Å²) in [6, 6.07) is 11.8. The van der Waals surface area contributed by atoms with E-state index >= 15 is 0 Å². The second kappa shape index (κ2) is 9.81. The molecular weight excluding hydrogens is 524 g/mol. The van der Waals surface area contributed by atoms with Gasteiger partial charge in [-0.05, 0) is 73.8 Å². The van der Waals surface area contributed by atoms with Crippen molar-refractivity contribution < 1.29 is 23.9 Å². The second-order valence-electron chi connectivity index (χ2n) is 10.1. The molecule has 7 nitrogen and oxygen atoms in total. The van der Waals surface area contributed by atoms with E-state index in [1.54, 1.807) is 6.07 Å². The van der Waals surface area contributed by atoms with Crippen molar-refractivity contribution in [3.05, 3.63) is 63.6 Å². The normalized spacial score (nSPS) is 25.1. The van der Waals surface area contributed by atoms with E-state index in [1.165, 1.54) is 0 Å². The highest BCUT2D eigenvalue weighted by Crippen LogP contribution is 2.56. The first-order chi connectivity index (χ1) is 17.3. The molecule has 0 unspecified atom stereocenters. The smallest absolute Gasteiger partial charge is 0.330 e. The molecule has 0 aromatic heterocycles. The van der Waals surface area contributed by atoms with Gasteiger partial charge in [-0.25, -0.2) is 4.79 Å². The monoisotopic (exact) mass is 552 g/mol. The molecule has 2 aromatic carbocycles. The molecule has 5 rings (SSSR count). The Morgan fingerprint density at radius 3 is 2.28 bits per heavy atom. The summed E-state index contributed by atoms with van der Waals surface area (Å²) < 4.78 is 6.33. The molecule has 1 heterocycles. The van der Waals surface area contributed by atoms with Crippen LogP contribution in [0.5, 0.6) is 0 Å². The molecule has 36 heavy (non-hydrogen) atoms. The van der Waals surface area contributed by atoms with Crippen molar-refractivity contribution >= 4 is 45.3 Å². The number of anilines is 1. The summed E-state index contributed by atoms with van der Waals surface area (Å²) in [7, 11) is 0. The Kier molecular flexibility index (Phi) is 6.72. The number of hydrogen-bond acceptors (Lipinski definition) is 5. The average Bonchev–Trinajstić information content (AvgIpc) is 3.56. The number of ether oxygens (including phenoxy) is 1. The predicted octanol–water partition coefficient (Wildman–Crippen LogP) is 4.19. The van der Waals surface area contributed by atoms with Crippen molar-refractivity contribution in [3.8, 4) is 0 Å². The molecule has 3 fully saturated rings. The Morgan fingerprint density at radius 1 is 1.00 bits per heavy atom. The van der Waals surface area contributed by atoms with Crippen LogP contribution >= 0.6 is 15.9 Å². The van der Waals surface area contributed by atoms with Crippen LogP contribution in [0, 0.1) is 37.5 Å². The predicted molar refractivity (Wildman–Crippen MR) is 137 cm³/mol. The van der Waals surface area contributed by atoms with Crippen LogP contribution in [0.15, 0.2) is 46.9 Å². The maximum Gasteiger partial charge on any atom is 0.330 e. The van der Waals surface area contributed by atoms with E-state index in [0.717, 1.165) is 45.3 Å². The van der Waals surface area contributed by atoms with E-state index in [0.29, 0.717) is 5.69 Å². The number of amides is 3. The summed E-state index contributed by atoms with van der Waals surface area (Å²) in [6.45, 7) is 3.33. The Balaban J connectivity index is 1.32. The summed E-state index contributed by atoms with van der Waals surface area (Å²) in [4.78, 5) is 53.9. The number of carbonyl (C=O) groups excluding carboxylic acids is 4. The highest BCUT2D eigenvalue weighted by Gasteiger charge is 2.62. The zero-order chi connectivity index (χ0) is 25.6. The number of rotatable bonds is 7. The van der Waals surface area contributed by atoms with Gasteiger partial charge in [0.1, 0.15) is 6.04 Å². The van der Waals surface area contributed by atoms with E-state index in [9.17, 15) is 19.2 Å². The van der Waals surface area contributed by atoms with E-state index < -0.39 is 24.5 Å². The van der Waals surface area contributed by atoms with E-state index in [2.05, 4.69) is 21.2 Å². The highest BCUT2D eigenvalue weighted by atomic mass is 79.9. The third-order valence-electron chi connectivity index (χ3n) is 8.16. The van der Waals surface area contributed by atoms with Gasteiger partial charge in [0.25, 0.3) is 5.91 Å². The Bertz CT molecular complexity index is 1200. The number of likely N-dealkylation sites (tertiary alicyclic amines) is 1. The summed E-state index contributed by atoms with van der Waals surface area (Å²) in [5, 5.41) is 2.78. The molecule has 5 atom stereocenters. The average molecular weight is 553 g/mol. The van der Waals surface area contributed by atoms with Crippen LogP contribution in [0.4, 0.5) is 5.69 Å². The second-order valence-corrected chi connectivity index (χ2v) is 11.0. The number of hydrogen-bond donors (Lipinski definition) is 1. The fourth-order valence-corrected chi connectivity index (χ4v) is 6.63. The van der Waals surface area contributed by atoms with Gasteiger partial charge < -0.3 is 10.1 Å². The fraction of sp³-hybridized carbons (Fsp3) is 0.429. The van der Waals surface area contributed by atoms with E-state index in [4.69, 9.17) is 4.74 Å². The van der Waals surface area contributed by atoms with Crippen LogP contribution in [-0.4, -0.2) is 41.2 Å². The zero-order valence-electron chi connectivity index (χ0n) is 20.3. The molecule has 0 spiro atoms. The number of esters is 1. The maximum absolute atomic E-state index is 13.4. The van der Waals surface area contributed by atoms with Gasteiger partial charge in [-0.15, -0.1) is 0 Å². The molecule has 2 bridgehead atoms. The number of imide groups is 1. The minimum Gasteiger partial charge on any atom is -0.454 e. The third-order valence-corrected chi connectivity index (χ3v) is 9.02. The van der Waals surface area contributed by atoms with Gasteiger partial charge in [0.15, 0.2) is 6.61 Å². The molecule has 188 valence electrons. The van der Waals surface area contributed by atoms with Gasteiger partial charge in [0, 0.05) is 16.6 Å². The van der Waals surface area contributed by atoms with Crippen molar-refractivity contribution in [1.29, 1.82) is 0 Å². The van der Waals surface area contributed by atoms with Crippen LogP contribution in [0.1, 0.15) is 36.0 Å². The first-order valence-electron chi connectivity index (χ1n) is 12.4. The summed E-state index contributed by atoms with van der Waals surface area (Å²) >= 11 is 3.47. The van der Waals surface area contributed by atoms with Gasteiger partial charge >= 0.3 is 5.97 Å². The number of nitrogens with zero attached hydrogens (tertiary/aromatic N) is 1. The zero-order valence-corrected chi connectivity index (χ0v) is 21.9. The highest BCUT2D eigenvalue weighted by molar-refractivity contribution is 9.10. The molecule has 3 aliphatic rings. The van der Waals surface area contributed by atoms with Gasteiger partial charge in [-0.1, -0.05) is 46.3 Å². The minimum absolute atomic E-state index is 0.151. The van der Waals surface area contributed by atoms with Crippen molar-refractivity contribution in [3.63, 3.8) is 0 Å². The first-order valence-corrected chi connectivity index (χ1v) is 13.2. The molecular formula is C28H29BrN2O5. The van der Waals surface area contributed by atoms with Crippen molar-refractivity contribution in [2.24, 2.45) is 23.7 Å². The first kappa shape index (κ1) is 24.7. The van der Waals surface area contributed by atoms with Crippen LogP contribution < -0.4 is 5.32 Å². The van der Waals surface area contributed by atoms with Crippen molar-refractivity contribution in [1.82, 2.24) is 4.90 Å². The molecule has 2 saturated carbocycles. The molecule has 1 saturated heterocycles. The van der Waals surface area contributed by atoms with Crippen LogP contribution in [0.3, 0.4) is 0 Å². The van der Waals surface area contributed by atoms with E-state index in [-0.39, 0.29) is 41.9 Å².